The van der Waals surface area contributed by atoms with E-state index in [2.05, 4.69) is 15.3 Å². The lowest BCUT2D eigenvalue weighted by Gasteiger charge is -2.21. The number of nitrogens with one attached hydrogen (secondary N) is 1. The van der Waals surface area contributed by atoms with E-state index >= 15 is 0 Å². The van der Waals surface area contributed by atoms with Crippen molar-refractivity contribution in [3.8, 4) is 0 Å². The van der Waals surface area contributed by atoms with E-state index in [1.54, 1.807) is 22.0 Å². The topological polar surface area (TPSA) is 66.8 Å². The van der Waals surface area contributed by atoms with E-state index in [1.165, 1.54) is 30.5 Å². The average Bonchev–Trinajstić information content (AvgIpc) is 3.05. The van der Waals surface area contributed by atoms with Gasteiger partial charge in [-0.25, -0.2) is 0 Å². The van der Waals surface area contributed by atoms with Crippen LogP contribution in [-0.4, -0.2) is 37.8 Å². The summed E-state index contributed by atoms with van der Waals surface area (Å²) in [5, 5.41) is 12.2. The van der Waals surface area contributed by atoms with Crippen LogP contribution < -0.4 is 0 Å². The zero-order chi connectivity index (χ0) is 16.4. The van der Waals surface area contributed by atoms with Gasteiger partial charge in [-0.05, 0) is 38.2 Å². The first-order chi connectivity index (χ1) is 11.1. The number of carbonyl (C=O) groups is 1. The van der Waals surface area contributed by atoms with Gasteiger partial charge in [0, 0.05) is 18.9 Å². The van der Waals surface area contributed by atoms with E-state index in [0.29, 0.717) is 11.6 Å². The summed E-state index contributed by atoms with van der Waals surface area (Å²) < 4.78 is 1.59. The number of halogens is 1. The van der Waals surface area contributed by atoms with E-state index in [-0.39, 0.29) is 11.9 Å². The number of aromatic amines is 1. The molecule has 0 saturated heterocycles. The predicted molar refractivity (Wildman–Crippen MR) is 88.3 cm³/mol. The molecule has 2 heterocycles. The monoisotopic (exact) mass is 335 g/mol. The molecule has 1 N–H and O–H groups in total. The van der Waals surface area contributed by atoms with Gasteiger partial charge in [0.1, 0.15) is 6.04 Å². The Labute approximate surface area is 140 Å². The number of aryl methyl sites for hydroxylation is 1. The maximum Gasteiger partial charge on any atom is 0.247 e. The number of fused-ring (bicyclic) bond motifs is 1. The van der Waals surface area contributed by atoms with Gasteiger partial charge in [-0.3, -0.25) is 14.6 Å². The lowest BCUT2D eigenvalue weighted by atomic mass is 10.1. The molecule has 0 radical (unpaired) electrons. The van der Waals surface area contributed by atoms with Gasteiger partial charge >= 0.3 is 0 Å². The van der Waals surface area contributed by atoms with E-state index in [1.807, 2.05) is 14.0 Å². The molecular formula is C16H22ClN5O. The molecule has 2 aromatic heterocycles. The van der Waals surface area contributed by atoms with Crippen LogP contribution in [-0.2, 0) is 24.2 Å². The van der Waals surface area contributed by atoms with Gasteiger partial charge < -0.3 is 4.90 Å². The summed E-state index contributed by atoms with van der Waals surface area (Å²) in [5.74, 6) is -0.00450. The van der Waals surface area contributed by atoms with Gasteiger partial charge in [-0.15, -0.1) is 0 Å². The van der Waals surface area contributed by atoms with Crippen LogP contribution >= 0.6 is 11.6 Å². The molecule has 0 saturated carbocycles. The summed E-state index contributed by atoms with van der Waals surface area (Å²) in [6.45, 7) is 2.34. The van der Waals surface area contributed by atoms with Crippen molar-refractivity contribution in [2.75, 3.05) is 7.05 Å². The summed E-state index contributed by atoms with van der Waals surface area (Å²) in [5.41, 5.74) is 3.53. The van der Waals surface area contributed by atoms with Gasteiger partial charge in [0.2, 0.25) is 5.91 Å². The second-order valence-corrected chi connectivity index (χ2v) is 6.63. The van der Waals surface area contributed by atoms with Crippen LogP contribution in [0.1, 0.15) is 49.2 Å². The van der Waals surface area contributed by atoms with Crippen molar-refractivity contribution in [2.45, 2.75) is 51.6 Å². The molecule has 1 aliphatic rings. The Morgan fingerprint density at radius 2 is 2.22 bits per heavy atom. The molecule has 0 unspecified atom stereocenters. The average molecular weight is 336 g/mol. The van der Waals surface area contributed by atoms with Gasteiger partial charge in [0.15, 0.2) is 0 Å². The highest BCUT2D eigenvalue weighted by Crippen LogP contribution is 2.23. The Kier molecular flexibility index (Phi) is 4.71. The van der Waals surface area contributed by atoms with Crippen molar-refractivity contribution in [3.63, 3.8) is 0 Å². The number of amides is 1. The standard InChI is InChI=1S/C16H22ClN5O/c1-11(22-9-12(17)8-18-22)16(23)21(2)10-15-13-6-4-3-5-7-14(13)19-20-15/h8-9,11H,3-7,10H2,1-2H3,(H,19,20)/t11-/m1/s1. The van der Waals surface area contributed by atoms with E-state index in [4.69, 9.17) is 11.6 Å². The molecule has 23 heavy (non-hydrogen) atoms. The van der Waals surface area contributed by atoms with E-state index < -0.39 is 0 Å². The Bertz CT molecular complexity index is 692. The van der Waals surface area contributed by atoms with Crippen LogP contribution in [0.4, 0.5) is 0 Å². The quantitative estimate of drug-likeness (QED) is 0.874. The number of nitrogens with zero attached hydrogens (tertiary/aromatic N) is 4. The number of hydrogen-bond acceptors (Lipinski definition) is 3. The van der Waals surface area contributed by atoms with Gasteiger partial charge in [-0.2, -0.15) is 10.2 Å². The van der Waals surface area contributed by atoms with Crippen molar-refractivity contribution in [2.24, 2.45) is 0 Å². The largest absolute Gasteiger partial charge is 0.338 e. The molecule has 0 fully saturated rings. The van der Waals surface area contributed by atoms with Gasteiger partial charge in [0.05, 0.1) is 23.5 Å². The fourth-order valence-electron chi connectivity index (χ4n) is 3.12. The van der Waals surface area contributed by atoms with Crippen LogP contribution in [0.25, 0.3) is 0 Å². The first-order valence-corrected chi connectivity index (χ1v) is 8.43. The maximum atomic E-state index is 12.6. The van der Waals surface area contributed by atoms with Crippen molar-refractivity contribution in [1.29, 1.82) is 0 Å². The summed E-state index contributed by atoms with van der Waals surface area (Å²) in [6.07, 6.45) is 8.97. The van der Waals surface area contributed by atoms with Crippen LogP contribution in [0.5, 0.6) is 0 Å². The Hall–Kier alpha value is -1.82. The first kappa shape index (κ1) is 16.1. The molecule has 124 valence electrons. The van der Waals surface area contributed by atoms with Crippen LogP contribution in [0, 0.1) is 0 Å². The smallest absolute Gasteiger partial charge is 0.247 e. The summed E-state index contributed by atoms with van der Waals surface area (Å²) in [4.78, 5) is 14.3. The molecule has 1 amide bonds. The van der Waals surface area contributed by atoms with Crippen LogP contribution in [0.2, 0.25) is 5.02 Å². The van der Waals surface area contributed by atoms with Crippen molar-refractivity contribution >= 4 is 17.5 Å². The van der Waals surface area contributed by atoms with Crippen LogP contribution in [0.15, 0.2) is 12.4 Å². The van der Waals surface area contributed by atoms with E-state index in [9.17, 15) is 4.79 Å². The Balaban J connectivity index is 1.70. The van der Waals surface area contributed by atoms with Crippen molar-refractivity contribution < 1.29 is 4.79 Å². The van der Waals surface area contributed by atoms with E-state index in [0.717, 1.165) is 18.5 Å². The fraction of sp³-hybridized carbons (Fsp3) is 0.562. The minimum atomic E-state index is -0.384. The molecule has 0 aromatic carbocycles. The molecule has 0 bridgehead atoms. The molecule has 1 atom stereocenters. The predicted octanol–water partition coefficient (Wildman–Crippen LogP) is 2.75. The molecule has 2 aromatic rings. The normalized spacial score (nSPS) is 15.8. The number of likely N-dealkylation sites (N-methyl/N-ethyl adjacent to an activating group) is 1. The highest BCUT2D eigenvalue weighted by Gasteiger charge is 2.23. The molecule has 3 rings (SSSR count). The number of carbonyl (C=O) groups excluding carboxylic acids is 1. The molecule has 7 heteroatoms. The second-order valence-electron chi connectivity index (χ2n) is 6.20. The summed E-state index contributed by atoms with van der Waals surface area (Å²) in [7, 11) is 1.81. The summed E-state index contributed by atoms with van der Waals surface area (Å²) >= 11 is 5.88. The number of aromatic nitrogens is 4. The number of H-pyrrole nitrogens is 1. The first-order valence-electron chi connectivity index (χ1n) is 8.06. The third kappa shape index (κ3) is 3.42. The van der Waals surface area contributed by atoms with Gasteiger partial charge in [0.25, 0.3) is 0 Å². The number of hydrogen-bond donors (Lipinski definition) is 1. The fourth-order valence-corrected chi connectivity index (χ4v) is 3.26. The lowest BCUT2D eigenvalue weighted by Crippen LogP contribution is -2.33. The molecule has 0 aliphatic heterocycles. The highest BCUT2D eigenvalue weighted by molar-refractivity contribution is 6.30. The zero-order valence-electron chi connectivity index (χ0n) is 13.5. The molecule has 0 spiro atoms. The molecular weight excluding hydrogens is 314 g/mol. The van der Waals surface area contributed by atoms with Crippen molar-refractivity contribution in [3.05, 3.63) is 34.4 Å². The zero-order valence-corrected chi connectivity index (χ0v) is 14.3. The Morgan fingerprint density at radius 3 is 2.96 bits per heavy atom. The minimum Gasteiger partial charge on any atom is -0.338 e. The van der Waals surface area contributed by atoms with Crippen LogP contribution in [0.3, 0.4) is 0 Å². The third-order valence-electron chi connectivity index (χ3n) is 4.48. The SMILES string of the molecule is C[C@H](C(=O)N(C)Cc1n[nH]c2c1CCCCC2)n1cc(Cl)cn1. The molecule has 1 aliphatic carbocycles. The Morgan fingerprint density at radius 1 is 1.43 bits per heavy atom. The number of rotatable bonds is 4. The maximum absolute atomic E-state index is 12.6. The minimum absolute atomic E-state index is 0.00450. The molecule has 6 nitrogen and oxygen atoms in total. The lowest BCUT2D eigenvalue weighted by molar-refractivity contribution is -0.133. The second kappa shape index (κ2) is 6.74. The third-order valence-corrected chi connectivity index (χ3v) is 4.67. The van der Waals surface area contributed by atoms with Gasteiger partial charge in [-0.1, -0.05) is 18.0 Å². The summed E-state index contributed by atoms with van der Waals surface area (Å²) in [6, 6.07) is -0.384. The highest BCUT2D eigenvalue weighted by atomic mass is 35.5. The van der Waals surface area contributed by atoms with Crippen molar-refractivity contribution in [1.82, 2.24) is 24.9 Å².